The van der Waals surface area contributed by atoms with Crippen LogP contribution < -0.4 is 0 Å². The molecule has 198 valence electrons. The van der Waals surface area contributed by atoms with Gasteiger partial charge in [0.2, 0.25) is 0 Å². The predicted octanol–water partition coefficient (Wildman–Crippen LogP) is 3.72. The first-order valence-corrected chi connectivity index (χ1v) is 13.7. The molecule has 1 saturated heterocycles. The molecule has 1 aliphatic heterocycles. The van der Waals surface area contributed by atoms with Gasteiger partial charge < -0.3 is 20.0 Å². The van der Waals surface area contributed by atoms with Crippen LogP contribution in [0.2, 0.25) is 0 Å². The first kappa shape index (κ1) is 25.4. The van der Waals surface area contributed by atoms with E-state index in [4.69, 9.17) is 4.84 Å². The number of aliphatic carboxylic acids is 1. The fourth-order valence-electron chi connectivity index (χ4n) is 8.81. The number of allylic oxidation sites excluding steroid dienone is 2. The highest BCUT2D eigenvalue weighted by Gasteiger charge is 2.65. The standard InChI is InChI=1S/C28H40N2O6/c1-17(31)28(35)13-10-22-20-7-6-18-15-19(8-11-26(18,2)21(20)9-12-27(22,28)3)29-36-16-24(32)30-14-4-5-23(30)25(33)34/h15,20-23,35H,4-14,16H2,1-3H3,(H,33,34)/b29-19+/t20-,21+,22+,23-,26+,27+,28+/m1/s1. The molecule has 5 rings (SSSR count). The van der Waals surface area contributed by atoms with Crippen molar-refractivity contribution >= 4 is 23.4 Å². The second kappa shape index (κ2) is 8.96. The molecular weight excluding hydrogens is 460 g/mol. The zero-order valence-corrected chi connectivity index (χ0v) is 21.8. The van der Waals surface area contributed by atoms with Gasteiger partial charge in [0.05, 0.1) is 5.71 Å². The summed E-state index contributed by atoms with van der Waals surface area (Å²) in [4.78, 5) is 43.0. The lowest BCUT2D eigenvalue weighted by atomic mass is 9.46. The number of rotatable bonds is 5. The van der Waals surface area contributed by atoms with Crippen molar-refractivity contribution in [1.82, 2.24) is 4.90 Å². The third-order valence-corrected chi connectivity index (χ3v) is 10.9. The van der Waals surface area contributed by atoms with Gasteiger partial charge in [0.25, 0.3) is 5.91 Å². The minimum atomic E-state index is -1.18. The highest BCUT2D eigenvalue weighted by atomic mass is 16.6. The normalized spacial score (nSPS) is 42.8. The Balaban J connectivity index is 1.26. The number of carboxylic acid groups (broad SMARTS) is 1. The maximum absolute atomic E-state index is 12.5. The number of oxime groups is 1. The summed E-state index contributed by atoms with van der Waals surface area (Å²) in [6, 6.07) is -0.759. The molecule has 2 N–H and O–H groups in total. The lowest BCUT2D eigenvalue weighted by Gasteiger charge is -2.59. The zero-order chi connectivity index (χ0) is 25.9. The first-order chi connectivity index (χ1) is 17.0. The van der Waals surface area contributed by atoms with E-state index in [-0.39, 0.29) is 29.1 Å². The monoisotopic (exact) mass is 500 g/mol. The van der Waals surface area contributed by atoms with Crippen molar-refractivity contribution in [2.45, 2.75) is 96.6 Å². The molecule has 1 amide bonds. The van der Waals surface area contributed by atoms with Crippen LogP contribution in [-0.2, 0) is 19.2 Å². The number of hydrogen-bond donors (Lipinski definition) is 2. The van der Waals surface area contributed by atoms with E-state index in [2.05, 4.69) is 25.1 Å². The van der Waals surface area contributed by atoms with Crippen molar-refractivity contribution in [3.05, 3.63) is 11.6 Å². The van der Waals surface area contributed by atoms with Crippen molar-refractivity contribution in [2.75, 3.05) is 13.2 Å². The summed E-state index contributed by atoms with van der Waals surface area (Å²) in [6.07, 6.45) is 10.6. The van der Waals surface area contributed by atoms with Crippen LogP contribution in [0, 0.1) is 28.6 Å². The molecule has 0 aromatic heterocycles. The summed E-state index contributed by atoms with van der Waals surface area (Å²) in [5, 5.41) is 24.9. The van der Waals surface area contributed by atoms with E-state index in [1.54, 1.807) is 6.92 Å². The molecule has 36 heavy (non-hydrogen) atoms. The van der Waals surface area contributed by atoms with Gasteiger partial charge >= 0.3 is 5.97 Å². The summed E-state index contributed by atoms with van der Waals surface area (Å²) in [5.74, 6) is 0.0734. The smallest absolute Gasteiger partial charge is 0.326 e. The van der Waals surface area contributed by atoms with Crippen molar-refractivity contribution in [3.8, 4) is 0 Å². The maximum Gasteiger partial charge on any atom is 0.326 e. The average Bonchev–Trinajstić information content (AvgIpc) is 3.43. The molecule has 0 aromatic rings. The van der Waals surface area contributed by atoms with Crippen molar-refractivity contribution in [1.29, 1.82) is 0 Å². The van der Waals surface area contributed by atoms with Gasteiger partial charge in [-0.1, -0.05) is 24.6 Å². The number of likely N-dealkylation sites (tertiary alicyclic amines) is 1. The largest absolute Gasteiger partial charge is 0.480 e. The molecule has 7 atom stereocenters. The summed E-state index contributed by atoms with van der Waals surface area (Å²) >= 11 is 0. The number of fused-ring (bicyclic) bond motifs is 5. The molecule has 0 aromatic carbocycles. The summed E-state index contributed by atoms with van der Waals surface area (Å²) in [6.45, 7) is 6.30. The molecular formula is C28H40N2O6. The van der Waals surface area contributed by atoms with Crippen LogP contribution in [0.1, 0.15) is 85.0 Å². The Morgan fingerprint density at radius 3 is 2.56 bits per heavy atom. The second-order valence-electron chi connectivity index (χ2n) is 12.4. The average molecular weight is 501 g/mol. The Morgan fingerprint density at radius 2 is 1.83 bits per heavy atom. The van der Waals surface area contributed by atoms with Crippen LogP contribution in [0.25, 0.3) is 0 Å². The highest BCUT2D eigenvalue weighted by molar-refractivity contribution is 5.96. The lowest BCUT2D eigenvalue weighted by Crippen LogP contribution is -2.57. The molecule has 8 nitrogen and oxygen atoms in total. The van der Waals surface area contributed by atoms with Gasteiger partial charge in [-0.25, -0.2) is 4.79 Å². The minimum absolute atomic E-state index is 0.0752. The zero-order valence-electron chi connectivity index (χ0n) is 21.8. The number of hydrogen-bond acceptors (Lipinski definition) is 6. The third-order valence-electron chi connectivity index (χ3n) is 10.9. The van der Waals surface area contributed by atoms with Gasteiger partial charge in [0, 0.05) is 12.0 Å². The highest BCUT2D eigenvalue weighted by Crippen LogP contribution is 2.67. The number of ketones is 1. The summed E-state index contributed by atoms with van der Waals surface area (Å²) in [7, 11) is 0. The van der Waals surface area contributed by atoms with Gasteiger partial charge in [-0.15, -0.1) is 0 Å². The molecule has 5 aliphatic rings. The Morgan fingerprint density at radius 1 is 1.08 bits per heavy atom. The Bertz CT molecular complexity index is 1020. The number of carbonyl (C=O) groups excluding carboxylic acids is 2. The Labute approximate surface area is 213 Å². The molecule has 0 bridgehead atoms. The van der Waals surface area contributed by atoms with Gasteiger partial charge in [-0.3, -0.25) is 9.59 Å². The van der Waals surface area contributed by atoms with Crippen molar-refractivity contribution < 1.29 is 29.4 Å². The molecule has 4 fully saturated rings. The van der Waals surface area contributed by atoms with Crippen LogP contribution in [0.4, 0.5) is 0 Å². The van der Waals surface area contributed by atoms with E-state index >= 15 is 0 Å². The van der Waals surface area contributed by atoms with Crippen molar-refractivity contribution in [2.24, 2.45) is 33.7 Å². The van der Waals surface area contributed by atoms with E-state index in [0.29, 0.717) is 43.6 Å². The minimum Gasteiger partial charge on any atom is -0.480 e. The first-order valence-electron chi connectivity index (χ1n) is 13.7. The van der Waals surface area contributed by atoms with Crippen LogP contribution >= 0.6 is 0 Å². The lowest BCUT2D eigenvalue weighted by molar-refractivity contribution is -0.159. The number of aliphatic hydroxyl groups is 1. The topological polar surface area (TPSA) is 117 Å². The molecule has 4 aliphatic carbocycles. The van der Waals surface area contributed by atoms with E-state index in [1.165, 1.54) is 10.5 Å². The third kappa shape index (κ3) is 3.74. The SMILES string of the molecule is CC(=O)[C@@]1(O)CC[C@H]2[C@@H]3CCC4=C/C(=N/OCC(=O)N5CCC[C@@H]5C(=O)O)CC[C@]4(C)[C@H]3CC[C@@]21C. The van der Waals surface area contributed by atoms with Gasteiger partial charge in [0.1, 0.15) is 11.6 Å². The van der Waals surface area contributed by atoms with Gasteiger partial charge in [-0.05, 0) is 100 Å². The van der Waals surface area contributed by atoms with Gasteiger partial charge in [0.15, 0.2) is 12.4 Å². The molecule has 1 heterocycles. The summed E-state index contributed by atoms with van der Waals surface area (Å²) < 4.78 is 0. The quantitative estimate of drug-likeness (QED) is 0.556. The Hall–Kier alpha value is -2.22. The van der Waals surface area contributed by atoms with E-state index in [1.807, 2.05) is 0 Å². The Kier molecular flexibility index (Phi) is 6.33. The van der Waals surface area contributed by atoms with Crippen LogP contribution in [-0.4, -0.2) is 63.3 Å². The van der Waals surface area contributed by atoms with E-state index in [0.717, 1.165) is 50.7 Å². The predicted molar refractivity (Wildman–Crippen MR) is 133 cm³/mol. The molecule has 0 unspecified atom stereocenters. The molecule has 8 heteroatoms. The van der Waals surface area contributed by atoms with Crippen LogP contribution in [0.15, 0.2) is 16.8 Å². The molecule has 3 saturated carbocycles. The van der Waals surface area contributed by atoms with E-state index < -0.39 is 17.6 Å². The fourth-order valence-corrected chi connectivity index (χ4v) is 8.81. The molecule has 0 radical (unpaired) electrons. The second-order valence-corrected chi connectivity index (χ2v) is 12.4. The number of carboxylic acids is 1. The van der Waals surface area contributed by atoms with Crippen LogP contribution in [0.5, 0.6) is 0 Å². The number of amides is 1. The fraction of sp³-hybridized carbons (Fsp3) is 0.786. The number of carbonyl (C=O) groups is 3. The maximum atomic E-state index is 12.5. The number of nitrogens with zero attached hydrogens (tertiary/aromatic N) is 2. The number of Topliss-reactive ketones (excluding diaryl/α,β-unsaturated/α-hetero) is 1. The van der Waals surface area contributed by atoms with Crippen LogP contribution in [0.3, 0.4) is 0 Å². The summed E-state index contributed by atoms with van der Waals surface area (Å²) in [5.41, 5.74) is 0.824. The van der Waals surface area contributed by atoms with Gasteiger partial charge in [-0.2, -0.15) is 0 Å². The van der Waals surface area contributed by atoms with E-state index in [9.17, 15) is 24.6 Å². The molecule has 0 spiro atoms. The van der Waals surface area contributed by atoms with Crippen molar-refractivity contribution in [3.63, 3.8) is 0 Å².